The zero-order chi connectivity index (χ0) is 13.8. The van der Waals surface area contributed by atoms with E-state index in [0.29, 0.717) is 35.6 Å². The van der Waals surface area contributed by atoms with Crippen LogP contribution in [0.15, 0.2) is 18.3 Å². The zero-order valence-corrected chi connectivity index (χ0v) is 11.6. The van der Waals surface area contributed by atoms with Crippen LogP contribution in [0.2, 0.25) is 0 Å². The molecule has 0 aliphatic heterocycles. The Morgan fingerprint density at radius 1 is 1.58 bits per heavy atom. The molecule has 5 nitrogen and oxygen atoms in total. The van der Waals surface area contributed by atoms with E-state index >= 15 is 0 Å². The van der Waals surface area contributed by atoms with Gasteiger partial charge in [-0.15, -0.1) is 11.3 Å². The molecule has 0 fully saturated rings. The van der Waals surface area contributed by atoms with Crippen LogP contribution in [0.5, 0.6) is 0 Å². The van der Waals surface area contributed by atoms with Crippen molar-refractivity contribution in [3.63, 3.8) is 0 Å². The average Bonchev–Trinajstić information content (AvgIpc) is 2.77. The summed E-state index contributed by atoms with van der Waals surface area (Å²) in [4.78, 5) is 18.9. The Kier molecular flexibility index (Phi) is 4.34. The number of amides is 1. The SMILES string of the molecule is CCN(CCCO)C(=O)c1sc2cccnc2c1N. The molecule has 0 radical (unpaired) electrons. The van der Waals surface area contributed by atoms with E-state index in [9.17, 15) is 4.79 Å². The summed E-state index contributed by atoms with van der Waals surface area (Å²) >= 11 is 1.37. The van der Waals surface area contributed by atoms with Crippen LogP contribution in [-0.4, -0.2) is 40.6 Å². The van der Waals surface area contributed by atoms with Crippen molar-refractivity contribution < 1.29 is 9.90 Å². The van der Waals surface area contributed by atoms with Crippen molar-refractivity contribution in [2.75, 3.05) is 25.4 Å². The summed E-state index contributed by atoms with van der Waals surface area (Å²) in [7, 11) is 0. The summed E-state index contributed by atoms with van der Waals surface area (Å²) in [6.45, 7) is 3.12. The number of rotatable bonds is 5. The minimum atomic E-state index is -0.0866. The Balaban J connectivity index is 2.32. The number of nitrogens with two attached hydrogens (primary N) is 1. The molecule has 0 saturated heterocycles. The molecule has 0 aromatic carbocycles. The van der Waals surface area contributed by atoms with E-state index in [-0.39, 0.29) is 12.5 Å². The van der Waals surface area contributed by atoms with E-state index in [2.05, 4.69) is 4.98 Å². The second-order valence-corrected chi connectivity index (χ2v) is 5.21. The number of carbonyl (C=O) groups is 1. The number of hydrogen-bond donors (Lipinski definition) is 2. The number of anilines is 1. The number of thiophene rings is 1. The Bertz CT molecular complexity index is 582. The van der Waals surface area contributed by atoms with Crippen LogP contribution in [0.4, 0.5) is 5.69 Å². The first-order chi connectivity index (χ1) is 9.19. The molecule has 2 aromatic heterocycles. The molecule has 2 heterocycles. The van der Waals surface area contributed by atoms with Crippen LogP contribution < -0.4 is 5.73 Å². The Morgan fingerprint density at radius 2 is 2.37 bits per heavy atom. The summed E-state index contributed by atoms with van der Waals surface area (Å²) < 4.78 is 0.918. The van der Waals surface area contributed by atoms with Gasteiger partial charge in [0.25, 0.3) is 5.91 Å². The minimum Gasteiger partial charge on any atom is -0.396 e. The lowest BCUT2D eigenvalue weighted by atomic mass is 10.3. The van der Waals surface area contributed by atoms with Crippen molar-refractivity contribution in [1.29, 1.82) is 0 Å². The van der Waals surface area contributed by atoms with Gasteiger partial charge in [0, 0.05) is 25.9 Å². The quantitative estimate of drug-likeness (QED) is 0.873. The number of fused-ring (bicyclic) bond motifs is 1. The largest absolute Gasteiger partial charge is 0.396 e. The number of nitrogens with zero attached hydrogens (tertiary/aromatic N) is 2. The molecule has 0 spiro atoms. The highest BCUT2D eigenvalue weighted by Crippen LogP contribution is 2.32. The fourth-order valence-corrected chi connectivity index (χ4v) is 2.96. The summed E-state index contributed by atoms with van der Waals surface area (Å²) in [5.74, 6) is -0.0866. The number of aliphatic hydroxyl groups is 1. The monoisotopic (exact) mass is 279 g/mol. The van der Waals surface area contributed by atoms with E-state index in [1.165, 1.54) is 11.3 Å². The van der Waals surface area contributed by atoms with Gasteiger partial charge >= 0.3 is 0 Å². The number of aliphatic hydroxyl groups excluding tert-OH is 1. The molecule has 102 valence electrons. The number of hydrogen-bond acceptors (Lipinski definition) is 5. The van der Waals surface area contributed by atoms with Gasteiger partial charge in [-0.1, -0.05) is 0 Å². The van der Waals surface area contributed by atoms with Crippen molar-refractivity contribution in [2.24, 2.45) is 0 Å². The van der Waals surface area contributed by atoms with Gasteiger partial charge in [0.2, 0.25) is 0 Å². The van der Waals surface area contributed by atoms with Crippen LogP contribution >= 0.6 is 11.3 Å². The van der Waals surface area contributed by atoms with Crippen molar-refractivity contribution >= 4 is 33.1 Å². The lowest BCUT2D eigenvalue weighted by Gasteiger charge is -2.19. The van der Waals surface area contributed by atoms with Gasteiger partial charge in [0.15, 0.2) is 0 Å². The number of carbonyl (C=O) groups excluding carboxylic acids is 1. The molecule has 6 heteroatoms. The maximum Gasteiger partial charge on any atom is 0.266 e. The predicted octanol–water partition coefficient (Wildman–Crippen LogP) is 1.72. The molecule has 0 unspecified atom stereocenters. The van der Waals surface area contributed by atoms with Gasteiger partial charge in [0.05, 0.1) is 10.4 Å². The number of nitrogen functional groups attached to an aromatic ring is 1. The fourth-order valence-electron chi connectivity index (χ4n) is 1.91. The highest BCUT2D eigenvalue weighted by molar-refractivity contribution is 7.21. The smallest absolute Gasteiger partial charge is 0.266 e. The molecule has 0 atom stereocenters. The summed E-state index contributed by atoms with van der Waals surface area (Å²) in [5, 5.41) is 8.86. The summed E-state index contributed by atoms with van der Waals surface area (Å²) in [5.41, 5.74) is 7.15. The lowest BCUT2D eigenvalue weighted by molar-refractivity contribution is 0.0760. The molecule has 2 aromatic rings. The third-order valence-corrected chi connectivity index (χ3v) is 4.08. The Hall–Kier alpha value is -1.66. The van der Waals surface area contributed by atoms with Crippen LogP contribution in [0, 0.1) is 0 Å². The summed E-state index contributed by atoms with van der Waals surface area (Å²) in [6.07, 6.45) is 2.24. The third kappa shape index (κ3) is 2.69. The Labute approximate surface area is 115 Å². The number of pyridine rings is 1. The third-order valence-electron chi connectivity index (χ3n) is 2.93. The van der Waals surface area contributed by atoms with E-state index in [1.54, 1.807) is 11.1 Å². The van der Waals surface area contributed by atoms with Crippen LogP contribution in [-0.2, 0) is 0 Å². The maximum atomic E-state index is 12.4. The molecule has 3 N–H and O–H groups in total. The van der Waals surface area contributed by atoms with E-state index in [4.69, 9.17) is 10.8 Å². The molecular formula is C13H17N3O2S. The average molecular weight is 279 g/mol. The van der Waals surface area contributed by atoms with Gasteiger partial charge < -0.3 is 15.7 Å². The maximum absolute atomic E-state index is 12.4. The van der Waals surface area contributed by atoms with Crippen LogP contribution in [0.25, 0.3) is 10.2 Å². The van der Waals surface area contributed by atoms with Gasteiger partial charge in [-0.3, -0.25) is 9.78 Å². The second-order valence-electron chi connectivity index (χ2n) is 4.16. The molecule has 0 bridgehead atoms. The zero-order valence-electron chi connectivity index (χ0n) is 10.8. The topological polar surface area (TPSA) is 79.5 Å². The molecule has 19 heavy (non-hydrogen) atoms. The second kappa shape index (κ2) is 5.99. The van der Waals surface area contributed by atoms with Gasteiger partial charge in [-0.05, 0) is 25.5 Å². The molecule has 0 aliphatic carbocycles. The van der Waals surface area contributed by atoms with Gasteiger partial charge in [0.1, 0.15) is 10.4 Å². The first kappa shape index (κ1) is 13.8. The van der Waals surface area contributed by atoms with E-state index in [0.717, 1.165) is 4.70 Å². The van der Waals surface area contributed by atoms with E-state index in [1.807, 2.05) is 19.1 Å². The standard InChI is InChI=1S/C13H17N3O2S/c1-2-16(7-4-8-17)13(18)12-10(14)11-9(19-12)5-3-6-15-11/h3,5-6,17H,2,4,7-8,14H2,1H3. The van der Waals surface area contributed by atoms with Crippen molar-refractivity contribution in [3.05, 3.63) is 23.2 Å². The Morgan fingerprint density at radius 3 is 3.00 bits per heavy atom. The van der Waals surface area contributed by atoms with E-state index < -0.39 is 0 Å². The van der Waals surface area contributed by atoms with Crippen molar-refractivity contribution in [2.45, 2.75) is 13.3 Å². The normalized spacial score (nSPS) is 10.8. The molecule has 0 aliphatic rings. The summed E-state index contributed by atoms with van der Waals surface area (Å²) in [6, 6.07) is 3.74. The van der Waals surface area contributed by atoms with Gasteiger partial charge in [-0.25, -0.2) is 0 Å². The number of aromatic nitrogens is 1. The molecular weight excluding hydrogens is 262 g/mol. The molecule has 0 saturated carbocycles. The first-order valence-electron chi connectivity index (χ1n) is 6.22. The molecule has 2 rings (SSSR count). The predicted molar refractivity (Wildman–Crippen MR) is 77.3 cm³/mol. The van der Waals surface area contributed by atoms with Gasteiger partial charge in [-0.2, -0.15) is 0 Å². The lowest BCUT2D eigenvalue weighted by Crippen LogP contribution is -2.32. The van der Waals surface area contributed by atoms with Crippen molar-refractivity contribution in [1.82, 2.24) is 9.88 Å². The fraction of sp³-hybridized carbons (Fsp3) is 0.385. The molecule has 1 amide bonds. The van der Waals surface area contributed by atoms with Crippen LogP contribution in [0.1, 0.15) is 23.0 Å². The highest BCUT2D eigenvalue weighted by Gasteiger charge is 2.21. The van der Waals surface area contributed by atoms with Crippen LogP contribution in [0.3, 0.4) is 0 Å². The highest BCUT2D eigenvalue weighted by atomic mass is 32.1. The van der Waals surface area contributed by atoms with Crippen molar-refractivity contribution in [3.8, 4) is 0 Å². The minimum absolute atomic E-state index is 0.0766. The first-order valence-corrected chi connectivity index (χ1v) is 7.03.